The molecule has 0 fully saturated rings. The minimum absolute atomic E-state index is 0.326. The van der Waals surface area contributed by atoms with Gasteiger partial charge in [0.15, 0.2) is 0 Å². The van der Waals surface area contributed by atoms with Gasteiger partial charge in [0, 0.05) is 5.56 Å². The Hall–Kier alpha value is -1.35. The van der Waals surface area contributed by atoms with Gasteiger partial charge in [0.2, 0.25) is 0 Å². The first-order chi connectivity index (χ1) is 6.63. The van der Waals surface area contributed by atoms with Crippen LogP contribution in [0, 0.1) is 0 Å². The molecule has 0 saturated carbocycles. The average Bonchev–Trinajstić information content (AvgIpc) is 2.18. The van der Waals surface area contributed by atoms with Gasteiger partial charge < -0.3 is 4.74 Å². The number of halogens is 1. The number of carbonyl (C=O) groups excluding carboxylic acids is 2. The molecule has 1 aromatic rings. The van der Waals surface area contributed by atoms with Crippen molar-refractivity contribution < 1.29 is 14.3 Å². The summed E-state index contributed by atoms with van der Waals surface area (Å²) in [5.41, 5.74) is 0.456. The maximum absolute atomic E-state index is 11.1. The number of esters is 1. The van der Waals surface area contributed by atoms with Crippen LogP contribution in [0.5, 0.6) is 5.75 Å². The van der Waals surface area contributed by atoms with Crippen molar-refractivity contribution in [1.82, 2.24) is 0 Å². The molecule has 1 aromatic carbocycles. The van der Waals surface area contributed by atoms with Crippen molar-refractivity contribution in [3.63, 3.8) is 0 Å². The second-order valence-corrected chi connectivity index (χ2v) is 3.38. The predicted octanol–water partition coefficient (Wildman–Crippen LogP) is 2.03. The van der Waals surface area contributed by atoms with Crippen LogP contribution in [-0.4, -0.2) is 17.6 Å². The molecule has 0 aromatic heterocycles. The number of rotatable bonds is 3. The van der Waals surface area contributed by atoms with E-state index in [9.17, 15) is 9.59 Å². The Morgan fingerprint density at radius 2 is 2.29 bits per heavy atom. The number of hydrogen-bond donors (Lipinski definition) is 0. The number of ether oxygens (including phenoxy) is 1. The average molecular weight is 213 g/mol. The Bertz CT molecular complexity index is 347. The lowest BCUT2D eigenvalue weighted by molar-refractivity contribution is -0.133. The van der Waals surface area contributed by atoms with Gasteiger partial charge in [-0.05, 0) is 19.1 Å². The highest BCUT2D eigenvalue weighted by atomic mass is 35.5. The summed E-state index contributed by atoms with van der Waals surface area (Å²) in [5, 5.41) is -0.699. The molecule has 1 atom stereocenters. The smallest absolute Gasteiger partial charge is 0.329 e. The van der Waals surface area contributed by atoms with Crippen molar-refractivity contribution in [3.8, 4) is 5.75 Å². The summed E-state index contributed by atoms with van der Waals surface area (Å²) in [4.78, 5) is 21.5. The lowest BCUT2D eigenvalue weighted by atomic mass is 10.2. The molecule has 0 saturated heterocycles. The molecular formula is C10H9ClO3. The molecule has 0 N–H and O–H groups in total. The molecule has 14 heavy (non-hydrogen) atoms. The molecule has 0 heterocycles. The Labute approximate surface area is 86.6 Å². The molecule has 74 valence electrons. The molecule has 4 heteroatoms. The second-order valence-electron chi connectivity index (χ2n) is 2.73. The lowest BCUT2D eigenvalue weighted by Crippen LogP contribution is -2.17. The van der Waals surface area contributed by atoms with Gasteiger partial charge in [-0.1, -0.05) is 12.1 Å². The van der Waals surface area contributed by atoms with Gasteiger partial charge >= 0.3 is 5.97 Å². The first-order valence-corrected chi connectivity index (χ1v) is 4.48. The third-order valence-corrected chi connectivity index (χ3v) is 1.72. The van der Waals surface area contributed by atoms with E-state index >= 15 is 0 Å². The zero-order valence-electron chi connectivity index (χ0n) is 7.57. The molecule has 3 nitrogen and oxygen atoms in total. The summed E-state index contributed by atoms with van der Waals surface area (Å²) in [6.45, 7) is 1.52. The highest BCUT2D eigenvalue weighted by Gasteiger charge is 2.11. The van der Waals surface area contributed by atoms with Gasteiger partial charge in [-0.2, -0.15) is 0 Å². The summed E-state index contributed by atoms with van der Waals surface area (Å²) in [6, 6.07) is 6.31. The number of aldehydes is 1. The van der Waals surface area contributed by atoms with Crippen LogP contribution >= 0.6 is 11.6 Å². The standard InChI is InChI=1S/C10H9ClO3/c1-7(11)10(13)14-9-4-2-3-8(5-9)6-12/h2-7H,1H3/t7-/m0/s1. The monoisotopic (exact) mass is 212 g/mol. The van der Waals surface area contributed by atoms with E-state index < -0.39 is 11.3 Å². The van der Waals surface area contributed by atoms with Crippen molar-refractivity contribution in [2.45, 2.75) is 12.3 Å². The zero-order chi connectivity index (χ0) is 10.6. The molecular weight excluding hydrogens is 204 g/mol. The third-order valence-electron chi connectivity index (χ3n) is 1.54. The number of carbonyl (C=O) groups is 2. The van der Waals surface area contributed by atoms with Crippen LogP contribution in [0.2, 0.25) is 0 Å². The molecule has 0 bridgehead atoms. The van der Waals surface area contributed by atoms with E-state index in [1.807, 2.05) is 0 Å². The predicted molar refractivity (Wildman–Crippen MR) is 52.8 cm³/mol. The molecule has 0 aliphatic rings. The summed E-state index contributed by atoms with van der Waals surface area (Å²) >= 11 is 5.51. The Morgan fingerprint density at radius 1 is 1.57 bits per heavy atom. The largest absolute Gasteiger partial charge is 0.425 e. The van der Waals surface area contributed by atoms with Crippen LogP contribution in [-0.2, 0) is 4.79 Å². The van der Waals surface area contributed by atoms with Gasteiger partial charge in [0.05, 0.1) is 0 Å². The van der Waals surface area contributed by atoms with E-state index in [0.29, 0.717) is 17.6 Å². The molecule has 0 aliphatic carbocycles. The van der Waals surface area contributed by atoms with Crippen molar-refractivity contribution >= 4 is 23.9 Å². The van der Waals surface area contributed by atoms with Gasteiger partial charge in [-0.25, -0.2) is 0 Å². The highest BCUT2D eigenvalue weighted by molar-refractivity contribution is 6.29. The van der Waals surface area contributed by atoms with E-state index in [2.05, 4.69) is 0 Å². The van der Waals surface area contributed by atoms with Gasteiger partial charge in [-0.15, -0.1) is 11.6 Å². The summed E-state index contributed by atoms with van der Waals surface area (Å²) < 4.78 is 4.89. The minimum atomic E-state index is -0.699. The number of alkyl halides is 1. The minimum Gasteiger partial charge on any atom is -0.425 e. The van der Waals surface area contributed by atoms with Crippen LogP contribution in [0.15, 0.2) is 24.3 Å². The SMILES string of the molecule is C[C@H](Cl)C(=O)Oc1cccc(C=O)c1. The van der Waals surface area contributed by atoms with E-state index in [1.165, 1.54) is 13.0 Å². The number of benzene rings is 1. The Morgan fingerprint density at radius 3 is 2.86 bits per heavy atom. The molecule has 0 amide bonds. The fraction of sp³-hybridized carbons (Fsp3) is 0.200. The zero-order valence-corrected chi connectivity index (χ0v) is 8.32. The van der Waals surface area contributed by atoms with E-state index in [4.69, 9.17) is 16.3 Å². The second kappa shape index (κ2) is 4.77. The topological polar surface area (TPSA) is 43.4 Å². The maximum atomic E-state index is 11.1. The molecule has 0 aliphatic heterocycles. The number of hydrogen-bond acceptors (Lipinski definition) is 3. The van der Waals surface area contributed by atoms with Gasteiger partial charge in [-0.3, -0.25) is 9.59 Å². The maximum Gasteiger partial charge on any atom is 0.329 e. The van der Waals surface area contributed by atoms with Crippen LogP contribution < -0.4 is 4.74 Å². The fourth-order valence-electron chi connectivity index (χ4n) is 0.849. The van der Waals surface area contributed by atoms with Crippen molar-refractivity contribution in [2.75, 3.05) is 0 Å². The highest BCUT2D eigenvalue weighted by Crippen LogP contribution is 2.13. The van der Waals surface area contributed by atoms with Crippen molar-refractivity contribution in [1.29, 1.82) is 0 Å². The first-order valence-electron chi connectivity index (χ1n) is 4.04. The summed E-state index contributed by atoms with van der Waals surface area (Å²) in [6.07, 6.45) is 0.682. The van der Waals surface area contributed by atoms with Crippen LogP contribution in [0.4, 0.5) is 0 Å². The Balaban J connectivity index is 2.76. The van der Waals surface area contributed by atoms with Gasteiger partial charge in [0.25, 0.3) is 0 Å². The van der Waals surface area contributed by atoms with Crippen molar-refractivity contribution in [3.05, 3.63) is 29.8 Å². The normalized spacial score (nSPS) is 11.9. The molecule has 0 unspecified atom stereocenters. The first kappa shape index (κ1) is 10.7. The molecule has 0 spiro atoms. The summed E-state index contributed by atoms with van der Waals surface area (Å²) in [5.74, 6) is -0.207. The molecule has 0 radical (unpaired) electrons. The van der Waals surface area contributed by atoms with E-state index in [-0.39, 0.29) is 0 Å². The van der Waals surface area contributed by atoms with E-state index in [1.54, 1.807) is 18.2 Å². The quantitative estimate of drug-likeness (QED) is 0.333. The fourth-order valence-corrected chi connectivity index (χ4v) is 0.893. The lowest BCUT2D eigenvalue weighted by Gasteiger charge is -2.05. The van der Waals surface area contributed by atoms with Crippen LogP contribution in [0.25, 0.3) is 0 Å². The third kappa shape index (κ3) is 2.85. The van der Waals surface area contributed by atoms with Crippen LogP contribution in [0.1, 0.15) is 17.3 Å². The van der Waals surface area contributed by atoms with Gasteiger partial charge in [0.1, 0.15) is 17.4 Å². The van der Waals surface area contributed by atoms with E-state index in [0.717, 1.165) is 0 Å². The molecule has 1 rings (SSSR count). The van der Waals surface area contributed by atoms with Crippen molar-refractivity contribution in [2.24, 2.45) is 0 Å². The summed E-state index contributed by atoms with van der Waals surface area (Å²) in [7, 11) is 0. The van der Waals surface area contributed by atoms with Crippen LogP contribution in [0.3, 0.4) is 0 Å². The Kier molecular flexibility index (Phi) is 3.65.